The third kappa shape index (κ3) is 5.65. The van der Waals surface area contributed by atoms with Gasteiger partial charge in [-0.2, -0.15) is 0 Å². The van der Waals surface area contributed by atoms with Gasteiger partial charge in [-0.05, 0) is 47.9 Å². The molecule has 150 valence electrons. The average Bonchev–Trinajstić information content (AvgIpc) is 2.74. The predicted molar refractivity (Wildman–Crippen MR) is 113 cm³/mol. The molecule has 1 amide bonds. The van der Waals surface area contributed by atoms with Crippen LogP contribution in [0.15, 0.2) is 84.0 Å². The number of aryl methyl sites for hydroxylation is 1. The third-order valence-electron chi connectivity index (χ3n) is 4.54. The smallest absolute Gasteiger partial charge is 0.220 e. The number of benzene rings is 2. The molecule has 0 fully saturated rings. The molecule has 1 N–H and O–H groups in total. The van der Waals surface area contributed by atoms with Crippen molar-refractivity contribution < 1.29 is 13.2 Å². The molecule has 5 nitrogen and oxygen atoms in total. The zero-order chi connectivity index (χ0) is 20.7. The normalized spacial score (nSPS) is 12.3. The van der Waals surface area contributed by atoms with Crippen molar-refractivity contribution in [1.29, 1.82) is 0 Å². The van der Waals surface area contributed by atoms with Crippen LogP contribution in [0, 0.1) is 0 Å². The van der Waals surface area contributed by atoms with E-state index in [0.717, 1.165) is 5.56 Å². The Morgan fingerprint density at radius 2 is 1.72 bits per heavy atom. The van der Waals surface area contributed by atoms with Crippen LogP contribution in [0.4, 0.5) is 0 Å². The van der Waals surface area contributed by atoms with Crippen molar-refractivity contribution in [2.75, 3.05) is 6.54 Å². The van der Waals surface area contributed by atoms with Crippen LogP contribution >= 0.6 is 11.6 Å². The van der Waals surface area contributed by atoms with Crippen LogP contribution in [0.3, 0.4) is 0 Å². The highest BCUT2D eigenvalue weighted by atomic mass is 35.5. The molecule has 7 heteroatoms. The van der Waals surface area contributed by atoms with Crippen LogP contribution in [0.25, 0.3) is 0 Å². The predicted octanol–water partition coefficient (Wildman–Crippen LogP) is 4.00. The molecule has 0 saturated carbocycles. The summed E-state index contributed by atoms with van der Waals surface area (Å²) in [4.78, 5) is 16.5. The Morgan fingerprint density at radius 1 is 1.00 bits per heavy atom. The SMILES string of the molecule is O=C(CCc1ccccc1)NCC(c1cccnc1)S(=O)(=O)c1ccc(Cl)cc1. The molecule has 0 aliphatic heterocycles. The number of nitrogens with one attached hydrogen (secondary N) is 1. The van der Waals surface area contributed by atoms with Crippen molar-refractivity contribution in [1.82, 2.24) is 10.3 Å². The Hall–Kier alpha value is -2.70. The van der Waals surface area contributed by atoms with Gasteiger partial charge in [0.2, 0.25) is 5.91 Å². The van der Waals surface area contributed by atoms with E-state index in [0.29, 0.717) is 17.0 Å². The van der Waals surface area contributed by atoms with Crippen molar-refractivity contribution in [3.63, 3.8) is 0 Å². The summed E-state index contributed by atoms with van der Waals surface area (Å²) in [5, 5.41) is 2.28. The Morgan fingerprint density at radius 3 is 2.38 bits per heavy atom. The van der Waals surface area contributed by atoms with E-state index in [2.05, 4.69) is 10.3 Å². The van der Waals surface area contributed by atoms with Gasteiger partial charge in [0.25, 0.3) is 0 Å². The monoisotopic (exact) mass is 428 g/mol. The number of hydrogen-bond donors (Lipinski definition) is 1. The first-order valence-corrected chi connectivity index (χ1v) is 11.1. The highest BCUT2D eigenvalue weighted by molar-refractivity contribution is 7.91. The quantitative estimate of drug-likeness (QED) is 0.588. The van der Waals surface area contributed by atoms with Crippen molar-refractivity contribution in [3.05, 3.63) is 95.3 Å². The lowest BCUT2D eigenvalue weighted by Crippen LogP contribution is -2.32. The second-order valence-electron chi connectivity index (χ2n) is 6.56. The van der Waals surface area contributed by atoms with Crippen LogP contribution in [0.5, 0.6) is 0 Å². The maximum atomic E-state index is 13.2. The standard InChI is InChI=1S/C22H21ClN2O3S/c23-19-9-11-20(12-10-19)29(27,28)21(18-7-4-14-24-15-18)16-25-22(26)13-8-17-5-2-1-3-6-17/h1-7,9-12,14-15,21H,8,13,16H2,(H,25,26). The van der Waals surface area contributed by atoms with Gasteiger partial charge in [0.05, 0.1) is 4.90 Å². The van der Waals surface area contributed by atoms with Crippen LogP contribution in [-0.2, 0) is 21.1 Å². The number of sulfone groups is 1. The van der Waals surface area contributed by atoms with E-state index in [1.54, 1.807) is 18.3 Å². The Bertz CT molecular complexity index is 1040. The number of carbonyl (C=O) groups is 1. The van der Waals surface area contributed by atoms with Gasteiger partial charge in [-0.15, -0.1) is 0 Å². The summed E-state index contributed by atoms with van der Waals surface area (Å²) in [6.45, 7) is -0.0374. The number of nitrogens with zero attached hydrogens (tertiary/aromatic N) is 1. The molecule has 3 rings (SSSR count). The minimum Gasteiger partial charge on any atom is -0.354 e. The Labute approximate surface area is 175 Å². The van der Waals surface area contributed by atoms with Gasteiger partial charge < -0.3 is 5.32 Å². The second kappa shape index (κ2) is 9.67. The lowest BCUT2D eigenvalue weighted by Gasteiger charge is -2.19. The van der Waals surface area contributed by atoms with E-state index >= 15 is 0 Å². The number of aromatic nitrogens is 1. The number of carbonyl (C=O) groups excluding carboxylic acids is 1. The number of halogens is 1. The zero-order valence-corrected chi connectivity index (χ0v) is 17.2. The summed E-state index contributed by atoms with van der Waals surface area (Å²) in [6.07, 6.45) is 3.96. The van der Waals surface area contributed by atoms with Crippen LogP contribution < -0.4 is 5.32 Å². The summed E-state index contributed by atoms with van der Waals surface area (Å²) in [5.74, 6) is -0.200. The van der Waals surface area contributed by atoms with E-state index < -0.39 is 15.1 Å². The van der Waals surface area contributed by atoms with E-state index in [4.69, 9.17) is 11.6 Å². The minimum absolute atomic E-state index is 0.0374. The molecule has 3 aromatic rings. The molecule has 29 heavy (non-hydrogen) atoms. The fourth-order valence-corrected chi connectivity index (χ4v) is 4.73. The minimum atomic E-state index is -3.75. The highest BCUT2D eigenvalue weighted by Gasteiger charge is 2.29. The lowest BCUT2D eigenvalue weighted by molar-refractivity contribution is -0.121. The van der Waals surface area contributed by atoms with Gasteiger partial charge in [-0.3, -0.25) is 9.78 Å². The third-order valence-corrected chi connectivity index (χ3v) is 6.91. The number of rotatable bonds is 8. The first kappa shape index (κ1) is 21.0. The maximum Gasteiger partial charge on any atom is 0.220 e. The van der Waals surface area contributed by atoms with Gasteiger partial charge in [0.1, 0.15) is 5.25 Å². The topological polar surface area (TPSA) is 76.1 Å². The van der Waals surface area contributed by atoms with Gasteiger partial charge in [0, 0.05) is 30.4 Å². The molecule has 1 atom stereocenters. The fourth-order valence-electron chi connectivity index (χ4n) is 2.96. The summed E-state index contributed by atoms with van der Waals surface area (Å²) < 4.78 is 26.4. The fraction of sp³-hybridized carbons (Fsp3) is 0.182. The molecule has 1 unspecified atom stereocenters. The molecule has 0 saturated heterocycles. The van der Waals surface area contributed by atoms with Gasteiger partial charge in [-0.25, -0.2) is 8.42 Å². The van der Waals surface area contributed by atoms with E-state index in [9.17, 15) is 13.2 Å². The second-order valence-corrected chi connectivity index (χ2v) is 9.13. The van der Waals surface area contributed by atoms with E-state index in [1.807, 2.05) is 30.3 Å². The average molecular weight is 429 g/mol. The summed E-state index contributed by atoms with van der Waals surface area (Å²) in [7, 11) is -3.75. The van der Waals surface area contributed by atoms with Crippen molar-refractivity contribution in [2.24, 2.45) is 0 Å². The van der Waals surface area contributed by atoms with Crippen molar-refractivity contribution in [2.45, 2.75) is 23.0 Å². The molecular weight excluding hydrogens is 408 g/mol. The highest BCUT2D eigenvalue weighted by Crippen LogP contribution is 2.29. The van der Waals surface area contributed by atoms with Crippen LogP contribution in [0.1, 0.15) is 22.8 Å². The zero-order valence-electron chi connectivity index (χ0n) is 15.7. The molecule has 0 radical (unpaired) electrons. The molecular formula is C22H21ClN2O3S. The summed E-state index contributed by atoms with van der Waals surface area (Å²) in [5.41, 5.74) is 1.58. The first-order chi connectivity index (χ1) is 14.0. The van der Waals surface area contributed by atoms with Crippen LogP contribution in [0.2, 0.25) is 5.02 Å². The van der Waals surface area contributed by atoms with Crippen molar-refractivity contribution >= 4 is 27.3 Å². The van der Waals surface area contributed by atoms with Gasteiger partial charge in [-0.1, -0.05) is 48.0 Å². The molecule has 1 aromatic heterocycles. The first-order valence-electron chi connectivity index (χ1n) is 9.17. The molecule has 0 spiro atoms. The molecule has 0 bridgehead atoms. The lowest BCUT2D eigenvalue weighted by atomic mass is 10.1. The molecule has 0 aliphatic carbocycles. The summed E-state index contributed by atoms with van der Waals surface area (Å²) in [6, 6.07) is 19.1. The largest absolute Gasteiger partial charge is 0.354 e. The van der Waals surface area contributed by atoms with Crippen LogP contribution in [-0.4, -0.2) is 25.9 Å². The number of amides is 1. The van der Waals surface area contributed by atoms with E-state index in [1.165, 1.54) is 30.5 Å². The molecule has 0 aliphatic rings. The Kier molecular flexibility index (Phi) is 7.01. The number of pyridine rings is 1. The summed E-state index contributed by atoms with van der Waals surface area (Å²) >= 11 is 5.88. The van der Waals surface area contributed by atoms with Gasteiger partial charge in [0.15, 0.2) is 9.84 Å². The number of hydrogen-bond acceptors (Lipinski definition) is 4. The van der Waals surface area contributed by atoms with E-state index in [-0.39, 0.29) is 23.8 Å². The molecule has 1 heterocycles. The van der Waals surface area contributed by atoms with Crippen molar-refractivity contribution in [3.8, 4) is 0 Å². The maximum absolute atomic E-state index is 13.2. The Balaban J connectivity index is 1.74. The molecule has 2 aromatic carbocycles. The van der Waals surface area contributed by atoms with Gasteiger partial charge >= 0.3 is 0 Å².